The summed E-state index contributed by atoms with van der Waals surface area (Å²) in [5, 5.41) is 4.16. The zero-order valence-corrected chi connectivity index (χ0v) is 9.01. The van der Waals surface area contributed by atoms with Gasteiger partial charge in [-0.25, -0.2) is 0 Å². The standard InChI is InChI=1S/C14H14N2/c1-3-7-13(8-4-1)11-12-15-16-14-9-5-2-6-10-14/h1-10,12,16H,11H2. The molecule has 0 aromatic heterocycles. The fourth-order valence-corrected chi connectivity index (χ4v) is 1.40. The highest BCUT2D eigenvalue weighted by Gasteiger charge is 1.87. The monoisotopic (exact) mass is 210 g/mol. The van der Waals surface area contributed by atoms with Gasteiger partial charge >= 0.3 is 0 Å². The first kappa shape index (κ1) is 10.4. The van der Waals surface area contributed by atoms with Crippen LogP contribution in [0.2, 0.25) is 0 Å². The van der Waals surface area contributed by atoms with Crippen LogP contribution < -0.4 is 5.43 Å². The van der Waals surface area contributed by atoms with Crippen molar-refractivity contribution in [3.05, 3.63) is 66.2 Å². The molecule has 0 atom stereocenters. The van der Waals surface area contributed by atoms with Crippen molar-refractivity contribution in [3.8, 4) is 0 Å². The Bertz CT molecular complexity index is 391. The van der Waals surface area contributed by atoms with Crippen LogP contribution in [0.15, 0.2) is 65.8 Å². The van der Waals surface area contributed by atoms with Gasteiger partial charge in [0.05, 0.1) is 5.69 Å². The molecule has 80 valence electrons. The van der Waals surface area contributed by atoms with Crippen molar-refractivity contribution in [2.24, 2.45) is 5.10 Å². The number of nitrogens with zero attached hydrogens (tertiary/aromatic N) is 1. The molecule has 0 saturated heterocycles. The number of nitrogens with one attached hydrogen (secondary N) is 1. The Morgan fingerprint density at radius 1 is 0.875 bits per heavy atom. The van der Waals surface area contributed by atoms with Gasteiger partial charge in [-0.3, -0.25) is 5.43 Å². The van der Waals surface area contributed by atoms with Gasteiger partial charge in [0.25, 0.3) is 0 Å². The quantitative estimate of drug-likeness (QED) is 0.607. The van der Waals surface area contributed by atoms with Crippen molar-refractivity contribution < 1.29 is 0 Å². The van der Waals surface area contributed by atoms with E-state index in [4.69, 9.17) is 0 Å². The predicted octanol–water partition coefficient (Wildman–Crippen LogP) is 3.33. The minimum Gasteiger partial charge on any atom is -0.279 e. The summed E-state index contributed by atoms with van der Waals surface area (Å²) in [5.74, 6) is 0. The van der Waals surface area contributed by atoms with Gasteiger partial charge in [0, 0.05) is 12.6 Å². The molecule has 0 aliphatic carbocycles. The molecule has 0 unspecified atom stereocenters. The van der Waals surface area contributed by atoms with Crippen molar-refractivity contribution in [1.29, 1.82) is 0 Å². The lowest BCUT2D eigenvalue weighted by Gasteiger charge is -1.98. The highest BCUT2D eigenvalue weighted by atomic mass is 15.3. The van der Waals surface area contributed by atoms with Crippen LogP contribution in [0.25, 0.3) is 0 Å². The number of anilines is 1. The lowest BCUT2D eigenvalue weighted by molar-refractivity contribution is 1.29. The fourth-order valence-electron chi connectivity index (χ4n) is 1.40. The number of para-hydroxylation sites is 1. The van der Waals surface area contributed by atoms with E-state index in [1.54, 1.807) is 0 Å². The van der Waals surface area contributed by atoms with E-state index in [1.807, 2.05) is 54.7 Å². The van der Waals surface area contributed by atoms with Crippen molar-refractivity contribution in [1.82, 2.24) is 0 Å². The lowest BCUT2D eigenvalue weighted by atomic mass is 10.2. The molecule has 16 heavy (non-hydrogen) atoms. The molecule has 0 aliphatic heterocycles. The SMILES string of the molecule is C(Cc1ccccc1)=NNc1ccccc1. The van der Waals surface area contributed by atoms with Crippen LogP contribution in [-0.2, 0) is 6.42 Å². The van der Waals surface area contributed by atoms with Crippen LogP contribution in [0, 0.1) is 0 Å². The van der Waals surface area contributed by atoms with Crippen LogP contribution in [0.1, 0.15) is 5.56 Å². The molecule has 0 heterocycles. The summed E-state index contributed by atoms with van der Waals surface area (Å²) in [6.07, 6.45) is 2.73. The number of hydrogen-bond donors (Lipinski definition) is 1. The van der Waals surface area contributed by atoms with Crippen LogP contribution in [0.5, 0.6) is 0 Å². The summed E-state index contributed by atoms with van der Waals surface area (Å²) < 4.78 is 0. The molecule has 2 heteroatoms. The first-order chi connectivity index (χ1) is 7.95. The maximum atomic E-state index is 4.16. The molecule has 0 bridgehead atoms. The number of hydrogen-bond acceptors (Lipinski definition) is 2. The number of hydrazone groups is 1. The lowest BCUT2D eigenvalue weighted by Crippen LogP contribution is -1.91. The van der Waals surface area contributed by atoms with Gasteiger partial charge in [-0.2, -0.15) is 5.10 Å². The molecule has 0 saturated carbocycles. The summed E-state index contributed by atoms with van der Waals surface area (Å²) in [6.45, 7) is 0. The minimum absolute atomic E-state index is 0.848. The van der Waals surface area contributed by atoms with Gasteiger partial charge in [0.2, 0.25) is 0 Å². The second-order valence-electron chi connectivity index (χ2n) is 3.48. The maximum absolute atomic E-state index is 4.16. The summed E-state index contributed by atoms with van der Waals surface area (Å²) in [6, 6.07) is 20.2. The van der Waals surface area contributed by atoms with E-state index in [-0.39, 0.29) is 0 Å². The zero-order chi connectivity index (χ0) is 11.1. The average molecular weight is 210 g/mol. The van der Waals surface area contributed by atoms with E-state index in [0.29, 0.717) is 0 Å². The molecular weight excluding hydrogens is 196 g/mol. The van der Waals surface area contributed by atoms with Crippen molar-refractivity contribution in [2.75, 3.05) is 5.43 Å². The van der Waals surface area contributed by atoms with Gasteiger partial charge in [0.1, 0.15) is 0 Å². The van der Waals surface area contributed by atoms with Crippen LogP contribution in [0.3, 0.4) is 0 Å². The summed E-state index contributed by atoms with van der Waals surface area (Å²) in [4.78, 5) is 0. The normalized spacial score (nSPS) is 10.5. The van der Waals surface area contributed by atoms with Gasteiger partial charge in [-0.1, -0.05) is 48.5 Å². The Balaban J connectivity index is 1.83. The van der Waals surface area contributed by atoms with E-state index in [1.165, 1.54) is 5.56 Å². The van der Waals surface area contributed by atoms with Gasteiger partial charge < -0.3 is 0 Å². The van der Waals surface area contributed by atoms with E-state index < -0.39 is 0 Å². The summed E-state index contributed by atoms with van der Waals surface area (Å²) >= 11 is 0. The van der Waals surface area contributed by atoms with Gasteiger partial charge in [-0.15, -0.1) is 0 Å². The van der Waals surface area contributed by atoms with E-state index in [9.17, 15) is 0 Å². The van der Waals surface area contributed by atoms with Crippen LogP contribution in [0.4, 0.5) is 5.69 Å². The molecule has 0 amide bonds. The molecular formula is C14H14N2. The molecule has 0 aliphatic rings. The highest BCUT2D eigenvalue weighted by molar-refractivity contribution is 5.63. The maximum Gasteiger partial charge on any atom is 0.0561 e. The summed E-state index contributed by atoms with van der Waals surface area (Å²) in [7, 11) is 0. The average Bonchev–Trinajstić information content (AvgIpc) is 2.37. The Kier molecular flexibility index (Phi) is 3.72. The highest BCUT2D eigenvalue weighted by Crippen LogP contribution is 2.04. The fraction of sp³-hybridized carbons (Fsp3) is 0.0714. The molecule has 0 fully saturated rings. The second-order valence-corrected chi connectivity index (χ2v) is 3.48. The van der Waals surface area contributed by atoms with Crippen LogP contribution in [-0.4, -0.2) is 6.21 Å². The predicted molar refractivity (Wildman–Crippen MR) is 68.7 cm³/mol. The second kappa shape index (κ2) is 5.71. The first-order valence-corrected chi connectivity index (χ1v) is 5.31. The smallest absolute Gasteiger partial charge is 0.0561 e. The minimum atomic E-state index is 0.848. The molecule has 0 spiro atoms. The Hall–Kier alpha value is -2.09. The largest absolute Gasteiger partial charge is 0.279 e. The molecule has 1 N–H and O–H groups in total. The van der Waals surface area contributed by atoms with Gasteiger partial charge in [0.15, 0.2) is 0 Å². The third-order valence-corrected chi connectivity index (χ3v) is 2.23. The number of rotatable bonds is 4. The van der Waals surface area contributed by atoms with Crippen LogP contribution >= 0.6 is 0 Å². The molecule has 2 rings (SSSR count). The Morgan fingerprint density at radius 3 is 2.19 bits per heavy atom. The molecule has 0 radical (unpaired) electrons. The van der Waals surface area contributed by atoms with E-state index in [0.717, 1.165) is 12.1 Å². The molecule has 2 nitrogen and oxygen atoms in total. The van der Waals surface area contributed by atoms with E-state index >= 15 is 0 Å². The zero-order valence-electron chi connectivity index (χ0n) is 9.01. The van der Waals surface area contributed by atoms with Crippen molar-refractivity contribution >= 4 is 11.9 Å². The van der Waals surface area contributed by atoms with Crippen molar-refractivity contribution in [3.63, 3.8) is 0 Å². The van der Waals surface area contributed by atoms with E-state index in [2.05, 4.69) is 22.7 Å². The molecule has 2 aromatic rings. The Morgan fingerprint density at radius 2 is 1.50 bits per heavy atom. The Labute approximate surface area is 95.6 Å². The number of benzene rings is 2. The van der Waals surface area contributed by atoms with Crippen molar-refractivity contribution in [2.45, 2.75) is 6.42 Å². The molecule has 2 aromatic carbocycles. The topological polar surface area (TPSA) is 24.4 Å². The van der Waals surface area contributed by atoms with Gasteiger partial charge in [-0.05, 0) is 17.7 Å². The summed E-state index contributed by atoms with van der Waals surface area (Å²) in [5.41, 5.74) is 5.26. The third-order valence-electron chi connectivity index (χ3n) is 2.23. The third kappa shape index (κ3) is 3.24. The first-order valence-electron chi connectivity index (χ1n) is 5.31.